The lowest BCUT2D eigenvalue weighted by molar-refractivity contribution is -0.122. The fourth-order valence-corrected chi connectivity index (χ4v) is 4.30. The first-order valence-electron chi connectivity index (χ1n) is 9.12. The molecule has 0 amide bonds. The molecule has 1 aliphatic carbocycles. The second-order valence-electron chi connectivity index (χ2n) is 8.23. The molecule has 4 rings (SSSR count). The standard InChI is InChI=1S/C21H24ClN3O/c1-12-17-18(13-8-10-14(22)11-9-13)19-15(6-5-7-16(19)26)23-20(17)25(24-12)21(2,3)4/h6,8-11,18-19,23H,5,7H2,1-4H3/t18-,19+/m1/s1. The smallest absolute Gasteiger partial charge is 0.143 e. The van der Waals surface area contributed by atoms with Crippen LogP contribution in [0.1, 0.15) is 56.4 Å². The minimum Gasteiger partial charge on any atom is -0.343 e. The minimum atomic E-state index is -0.172. The van der Waals surface area contributed by atoms with E-state index < -0.39 is 0 Å². The molecule has 136 valence electrons. The maximum Gasteiger partial charge on any atom is 0.143 e. The van der Waals surface area contributed by atoms with Crippen LogP contribution in [0, 0.1) is 12.8 Å². The van der Waals surface area contributed by atoms with Gasteiger partial charge in [-0.25, -0.2) is 4.68 Å². The number of nitrogens with zero attached hydrogens (tertiary/aromatic N) is 2. The molecule has 0 radical (unpaired) electrons. The highest BCUT2D eigenvalue weighted by Crippen LogP contribution is 2.48. The Morgan fingerprint density at radius 3 is 2.54 bits per heavy atom. The lowest BCUT2D eigenvalue weighted by Gasteiger charge is -2.38. The number of ketones is 1. The highest BCUT2D eigenvalue weighted by Gasteiger charge is 2.43. The van der Waals surface area contributed by atoms with E-state index in [1.165, 1.54) is 0 Å². The summed E-state index contributed by atoms with van der Waals surface area (Å²) in [7, 11) is 0. The van der Waals surface area contributed by atoms with E-state index in [2.05, 4.69) is 36.8 Å². The van der Waals surface area contributed by atoms with Gasteiger partial charge in [-0.15, -0.1) is 0 Å². The van der Waals surface area contributed by atoms with Crippen LogP contribution in [0.5, 0.6) is 0 Å². The zero-order chi connectivity index (χ0) is 18.6. The lowest BCUT2D eigenvalue weighted by Crippen LogP contribution is -2.36. The Hall–Kier alpha value is -2.07. The molecule has 2 heterocycles. The van der Waals surface area contributed by atoms with Gasteiger partial charge in [0.05, 0.1) is 17.2 Å². The number of hydrogen-bond acceptors (Lipinski definition) is 3. The van der Waals surface area contributed by atoms with Gasteiger partial charge in [0.15, 0.2) is 0 Å². The van der Waals surface area contributed by atoms with E-state index in [-0.39, 0.29) is 17.4 Å². The van der Waals surface area contributed by atoms with Crippen LogP contribution in [0.15, 0.2) is 36.0 Å². The molecule has 5 heteroatoms. The topological polar surface area (TPSA) is 46.9 Å². The van der Waals surface area contributed by atoms with Crippen LogP contribution in [0.4, 0.5) is 5.82 Å². The number of rotatable bonds is 1. The van der Waals surface area contributed by atoms with Crippen molar-refractivity contribution in [2.75, 3.05) is 5.32 Å². The number of halogens is 1. The first-order valence-corrected chi connectivity index (χ1v) is 9.50. The average Bonchev–Trinajstić information content (AvgIpc) is 2.91. The highest BCUT2D eigenvalue weighted by atomic mass is 35.5. The van der Waals surface area contributed by atoms with Crippen LogP contribution >= 0.6 is 11.6 Å². The van der Waals surface area contributed by atoms with E-state index in [0.717, 1.165) is 34.8 Å². The lowest BCUT2D eigenvalue weighted by atomic mass is 9.72. The molecule has 0 saturated carbocycles. The fraction of sp³-hybridized carbons (Fsp3) is 0.429. The molecule has 0 bridgehead atoms. The summed E-state index contributed by atoms with van der Waals surface area (Å²) < 4.78 is 2.05. The molecule has 1 aliphatic heterocycles. The predicted octanol–water partition coefficient (Wildman–Crippen LogP) is 5.02. The minimum absolute atomic E-state index is 0.0290. The summed E-state index contributed by atoms with van der Waals surface area (Å²) >= 11 is 6.10. The van der Waals surface area contributed by atoms with Crippen molar-refractivity contribution in [2.45, 2.75) is 52.0 Å². The van der Waals surface area contributed by atoms with E-state index in [4.69, 9.17) is 16.7 Å². The number of anilines is 1. The maximum absolute atomic E-state index is 12.9. The number of fused-ring (bicyclic) bond motifs is 2. The van der Waals surface area contributed by atoms with Crippen molar-refractivity contribution < 1.29 is 4.79 Å². The average molecular weight is 370 g/mol. The quantitative estimate of drug-likeness (QED) is 0.767. The summed E-state index contributed by atoms with van der Waals surface area (Å²) in [4.78, 5) is 12.9. The number of hydrogen-bond donors (Lipinski definition) is 1. The molecular formula is C21H24ClN3O. The van der Waals surface area contributed by atoms with Gasteiger partial charge in [0.25, 0.3) is 0 Å². The third kappa shape index (κ3) is 2.67. The number of carbonyl (C=O) groups is 1. The molecule has 1 aromatic heterocycles. The van der Waals surface area contributed by atoms with E-state index in [1.807, 2.05) is 31.2 Å². The van der Waals surface area contributed by atoms with Crippen LogP contribution in [0.2, 0.25) is 5.02 Å². The molecule has 26 heavy (non-hydrogen) atoms. The van der Waals surface area contributed by atoms with Gasteiger partial charge in [-0.3, -0.25) is 4.79 Å². The zero-order valence-electron chi connectivity index (χ0n) is 15.6. The number of benzene rings is 1. The molecule has 4 nitrogen and oxygen atoms in total. The molecule has 0 fully saturated rings. The van der Waals surface area contributed by atoms with E-state index in [9.17, 15) is 4.79 Å². The van der Waals surface area contributed by atoms with Crippen molar-refractivity contribution >= 4 is 23.2 Å². The molecule has 1 aromatic carbocycles. The Balaban J connectivity index is 1.97. The van der Waals surface area contributed by atoms with Crippen molar-refractivity contribution in [1.82, 2.24) is 9.78 Å². The largest absolute Gasteiger partial charge is 0.343 e. The monoisotopic (exact) mass is 369 g/mol. The Morgan fingerprint density at radius 1 is 1.19 bits per heavy atom. The van der Waals surface area contributed by atoms with Crippen molar-refractivity contribution in [3.8, 4) is 0 Å². The molecular weight excluding hydrogens is 346 g/mol. The van der Waals surface area contributed by atoms with Crippen molar-refractivity contribution in [1.29, 1.82) is 0 Å². The number of aryl methyl sites for hydroxylation is 1. The number of nitrogens with one attached hydrogen (secondary N) is 1. The van der Waals surface area contributed by atoms with Gasteiger partial charge in [0.2, 0.25) is 0 Å². The summed E-state index contributed by atoms with van der Waals surface area (Å²) in [5, 5.41) is 9.08. The fourth-order valence-electron chi connectivity index (χ4n) is 4.17. The first-order chi connectivity index (χ1) is 12.3. The Bertz CT molecular complexity index is 903. The van der Waals surface area contributed by atoms with Gasteiger partial charge in [0, 0.05) is 28.6 Å². The summed E-state index contributed by atoms with van der Waals surface area (Å²) in [6.07, 6.45) is 3.57. The van der Waals surface area contributed by atoms with E-state index in [0.29, 0.717) is 17.2 Å². The molecule has 2 aromatic rings. The third-order valence-electron chi connectivity index (χ3n) is 5.32. The van der Waals surface area contributed by atoms with Crippen molar-refractivity contribution in [3.63, 3.8) is 0 Å². The molecule has 0 spiro atoms. The van der Waals surface area contributed by atoms with Crippen LogP contribution in [0.3, 0.4) is 0 Å². The number of aromatic nitrogens is 2. The SMILES string of the molecule is Cc1nn(C(C)(C)C)c2c1[C@@H](c1ccc(Cl)cc1)[C@@H]1C(=O)CCC=C1N2. The molecule has 1 N–H and O–H groups in total. The normalized spacial score (nSPS) is 22.3. The number of allylic oxidation sites excluding steroid dienone is 2. The Morgan fingerprint density at radius 2 is 1.88 bits per heavy atom. The van der Waals surface area contributed by atoms with Crippen molar-refractivity contribution in [3.05, 3.63) is 57.9 Å². The van der Waals surface area contributed by atoms with Crippen LogP contribution in [0.25, 0.3) is 0 Å². The highest BCUT2D eigenvalue weighted by molar-refractivity contribution is 6.30. The summed E-state index contributed by atoms with van der Waals surface area (Å²) in [5.74, 6) is 1.10. The van der Waals surface area contributed by atoms with Gasteiger partial charge in [-0.2, -0.15) is 5.10 Å². The van der Waals surface area contributed by atoms with Crippen molar-refractivity contribution in [2.24, 2.45) is 5.92 Å². The van der Waals surface area contributed by atoms with Crippen LogP contribution < -0.4 is 5.32 Å². The predicted molar refractivity (Wildman–Crippen MR) is 105 cm³/mol. The summed E-state index contributed by atoms with van der Waals surface area (Å²) in [6, 6.07) is 7.88. The molecule has 2 aliphatic rings. The Labute approximate surface area is 159 Å². The van der Waals surface area contributed by atoms with Crippen LogP contribution in [-0.2, 0) is 10.3 Å². The number of Topliss-reactive ketones (excluding diaryl/α,β-unsaturated/α-hetero) is 1. The van der Waals surface area contributed by atoms with E-state index >= 15 is 0 Å². The summed E-state index contributed by atoms with van der Waals surface area (Å²) in [6.45, 7) is 8.47. The second kappa shape index (κ2) is 5.98. The number of carbonyl (C=O) groups excluding carboxylic acids is 1. The molecule has 2 atom stereocenters. The van der Waals surface area contributed by atoms with Crippen LogP contribution in [-0.4, -0.2) is 15.6 Å². The van der Waals surface area contributed by atoms with Gasteiger partial charge in [-0.1, -0.05) is 29.8 Å². The Kier molecular flexibility index (Phi) is 3.99. The van der Waals surface area contributed by atoms with Gasteiger partial charge in [-0.05, 0) is 51.8 Å². The van der Waals surface area contributed by atoms with Gasteiger partial charge < -0.3 is 5.32 Å². The first kappa shape index (κ1) is 17.3. The summed E-state index contributed by atoms with van der Waals surface area (Å²) in [5.41, 5.74) is 4.07. The van der Waals surface area contributed by atoms with Gasteiger partial charge in [0.1, 0.15) is 11.6 Å². The third-order valence-corrected chi connectivity index (χ3v) is 5.57. The molecule has 0 unspecified atom stereocenters. The second-order valence-corrected chi connectivity index (χ2v) is 8.66. The zero-order valence-corrected chi connectivity index (χ0v) is 16.4. The van der Waals surface area contributed by atoms with E-state index in [1.54, 1.807) is 0 Å². The van der Waals surface area contributed by atoms with Gasteiger partial charge >= 0.3 is 0 Å². The molecule has 0 saturated heterocycles. The maximum atomic E-state index is 12.9.